The molecule has 24 heavy (non-hydrogen) atoms. The molecule has 2 aromatic rings. The van der Waals surface area contributed by atoms with Gasteiger partial charge < -0.3 is 15.2 Å². The van der Waals surface area contributed by atoms with Gasteiger partial charge in [-0.15, -0.1) is 0 Å². The second kappa shape index (κ2) is 5.98. The Morgan fingerprint density at radius 3 is 2.58 bits per heavy atom. The van der Waals surface area contributed by atoms with Gasteiger partial charge in [-0.05, 0) is 52.7 Å². The second-order valence-electron chi connectivity index (χ2n) is 7.61. The fourth-order valence-electron chi connectivity index (χ4n) is 3.59. The summed E-state index contributed by atoms with van der Waals surface area (Å²) in [6.07, 6.45) is 3.32. The summed E-state index contributed by atoms with van der Waals surface area (Å²) in [7, 11) is 0. The zero-order valence-electron chi connectivity index (χ0n) is 14.5. The van der Waals surface area contributed by atoms with Crippen molar-refractivity contribution in [1.82, 2.24) is 25.8 Å². The van der Waals surface area contributed by atoms with Crippen LogP contribution in [0.3, 0.4) is 0 Å². The summed E-state index contributed by atoms with van der Waals surface area (Å²) < 4.78 is 5.10. The molecule has 7 nitrogen and oxygen atoms in total. The van der Waals surface area contributed by atoms with Crippen molar-refractivity contribution in [3.63, 3.8) is 0 Å². The lowest BCUT2D eigenvalue weighted by atomic mass is 9.79. The third-order valence-corrected chi connectivity index (χ3v) is 4.04. The molecule has 2 N–H and O–H groups in total. The van der Waals surface area contributed by atoms with E-state index < -0.39 is 0 Å². The number of carbonyl (C=O) groups excluding carboxylic acids is 1. The number of amides is 1. The highest BCUT2D eigenvalue weighted by atomic mass is 16.5. The molecule has 0 spiro atoms. The van der Waals surface area contributed by atoms with Gasteiger partial charge in [-0.3, -0.25) is 9.78 Å². The second-order valence-corrected chi connectivity index (χ2v) is 7.61. The Balaban J connectivity index is 1.70. The molecule has 1 saturated heterocycles. The van der Waals surface area contributed by atoms with Gasteiger partial charge in [-0.2, -0.15) is 4.98 Å². The third-order valence-electron chi connectivity index (χ3n) is 4.04. The van der Waals surface area contributed by atoms with Crippen molar-refractivity contribution in [3.05, 3.63) is 30.3 Å². The summed E-state index contributed by atoms with van der Waals surface area (Å²) >= 11 is 0. The number of piperidine rings is 1. The molecular weight excluding hydrogens is 306 g/mol. The minimum absolute atomic E-state index is 0.0372. The Hall–Kier alpha value is -2.28. The molecule has 0 aromatic carbocycles. The number of nitrogens with zero attached hydrogens (tertiary/aromatic N) is 3. The van der Waals surface area contributed by atoms with Crippen LogP contribution in [0.15, 0.2) is 28.9 Å². The summed E-state index contributed by atoms with van der Waals surface area (Å²) in [5.41, 5.74) is 0.478. The fourth-order valence-corrected chi connectivity index (χ4v) is 3.59. The first-order chi connectivity index (χ1) is 11.2. The molecule has 3 heterocycles. The van der Waals surface area contributed by atoms with Crippen LogP contribution in [-0.4, -0.2) is 38.2 Å². The van der Waals surface area contributed by atoms with E-state index in [9.17, 15) is 4.79 Å². The van der Waals surface area contributed by atoms with Gasteiger partial charge in [-0.1, -0.05) is 11.2 Å². The van der Waals surface area contributed by atoms with E-state index in [1.807, 2.05) is 6.07 Å². The van der Waals surface area contributed by atoms with Crippen LogP contribution in [0.1, 0.15) is 51.2 Å². The molecule has 1 fully saturated rings. The van der Waals surface area contributed by atoms with Crippen molar-refractivity contribution in [3.8, 4) is 11.5 Å². The quantitative estimate of drug-likeness (QED) is 0.896. The minimum Gasteiger partial charge on any atom is -0.345 e. The molecule has 7 heteroatoms. The maximum Gasteiger partial charge on any atom is 0.316 e. The number of pyridine rings is 1. The molecule has 0 unspecified atom stereocenters. The van der Waals surface area contributed by atoms with E-state index in [-0.39, 0.29) is 28.9 Å². The van der Waals surface area contributed by atoms with E-state index in [4.69, 9.17) is 4.52 Å². The van der Waals surface area contributed by atoms with Gasteiger partial charge in [-0.25, -0.2) is 0 Å². The van der Waals surface area contributed by atoms with E-state index in [1.165, 1.54) is 0 Å². The maximum absolute atomic E-state index is 12.4. The monoisotopic (exact) mass is 329 g/mol. The smallest absolute Gasteiger partial charge is 0.316 e. The van der Waals surface area contributed by atoms with E-state index >= 15 is 0 Å². The summed E-state index contributed by atoms with van der Waals surface area (Å²) in [5, 5.41) is 10.4. The molecule has 0 bridgehead atoms. The van der Waals surface area contributed by atoms with Gasteiger partial charge in [0.15, 0.2) is 0 Å². The number of hydrogen-bond acceptors (Lipinski definition) is 6. The molecule has 2 aromatic heterocycles. The molecule has 3 rings (SSSR count). The van der Waals surface area contributed by atoms with Crippen molar-refractivity contribution in [2.45, 2.75) is 57.7 Å². The van der Waals surface area contributed by atoms with E-state index in [1.54, 1.807) is 18.3 Å². The average molecular weight is 329 g/mol. The lowest BCUT2D eigenvalue weighted by molar-refractivity contribution is 0.0830. The average Bonchev–Trinajstić information content (AvgIpc) is 2.94. The molecule has 1 aliphatic heterocycles. The first-order valence-corrected chi connectivity index (χ1v) is 8.09. The van der Waals surface area contributed by atoms with Gasteiger partial charge in [0.25, 0.3) is 0 Å². The zero-order valence-corrected chi connectivity index (χ0v) is 14.5. The number of carbonyl (C=O) groups is 1. The van der Waals surface area contributed by atoms with E-state index in [0.29, 0.717) is 11.5 Å². The van der Waals surface area contributed by atoms with Gasteiger partial charge in [0.1, 0.15) is 5.69 Å². The normalized spacial score (nSPS) is 19.8. The first-order valence-electron chi connectivity index (χ1n) is 8.09. The molecular formula is C17H23N5O2. The predicted molar refractivity (Wildman–Crippen MR) is 89.3 cm³/mol. The number of aromatic nitrogens is 3. The van der Waals surface area contributed by atoms with Gasteiger partial charge in [0, 0.05) is 23.3 Å². The lowest BCUT2D eigenvalue weighted by Crippen LogP contribution is -2.62. The Morgan fingerprint density at radius 2 is 1.96 bits per heavy atom. The van der Waals surface area contributed by atoms with E-state index in [0.717, 1.165) is 12.8 Å². The van der Waals surface area contributed by atoms with Crippen molar-refractivity contribution in [1.29, 1.82) is 0 Å². The molecule has 0 aliphatic carbocycles. The Bertz CT molecular complexity index is 708. The van der Waals surface area contributed by atoms with Crippen LogP contribution in [0, 0.1) is 0 Å². The van der Waals surface area contributed by atoms with Gasteiger partial charge in [0.2, 0.25) is 5.82 Å². The van der Waals surface area contributed by atoms with Crippen LogP contribution in [-0.2, 0) is 0 Å². The zero-order chi connectivity index (χ0) is 17.4. The predicted octanol–water partition coefficient (Wildman–Crippen LogP) is 2.17. The summed E-state index contributed by atoms with van der Waals surface area (Å²) in [5.74, 6) is -0.0697. The summed E-state index contributed by atoms with van der Waals surface area (Å²) in [6, 6.07) is 5.45. The van der Waals surface area contributed by atoms with Crippen molar-refractivity contribution >= 4 is 5.91 Å². The van der Waals surface area contributed by atoms with Gasteiger partial charge >= 0.3 is 11.8 Å². The van der Waals surface area contributed by atoms with Crippen LogP contribution >= 0.6 is 0 Å². The topological polar surface area (TPSA) is 92.9 Å². The van der Waals surface area contributed by atoms with Crippen LogP contribution in [0.2, 0.25) is 0 Å². The van der Waals surface area contributed by atoms with Crippen LogP contribution in [0.25, 0.3) is 11.5 Å². The molecule has 1 aliphatic rings. The molecule has 0 radical (unpaired) electrons. The third kappa shape index (κ3) is 3.79. The van der Waals surface area contributed by atoms with Gasteiger partial charge in [0.05, 0.1) is 0 Å². The first kappa shape index (κ1) is 16.6. The molecule has 0 atom stereocenters. The highest BCUT2D eigenvalue weighted by molar-refractivity contribution is 5.90. The highest BCUT2D eigenvalue weighted by Crippen LogP contribution is 2.28. The Kier molecular flexibility index (Phi) is 4.13. The largest absolute Gasteiger partial charge is 0.345 e. The highest BCUT2D eigenvalue weighted by Gasteiger charge is 2.38. The Morgan fingerprint density at radius 1 is 1.25 bits per heavy atom. The SMILES string of the molecule is CC1(C)CC(NC(=O)c2nc(-c3ccccn3)no2)CC(C)(C)N1. The summed E-state index contributed by atoms with van der Waals surface area (Å²) in [4.78, 5) is 20.7. The maximum atomic E-state index is 12.4. The number of nitrogens with one attached hydrogen (secondary N) is 2. The van der Waals surface area contributed by atoms with Crippen LogP contribution < -0.4 is 10.6 Å². The van der Waals surface area contributed by atoms with Crippen LogP contribution in [0.4, 0.5) is 0 Å². The minimum atomic E-state index is -0.344. The molecule has 1 amide bonds. The van der Waals surface area contributed by atoms with Crippen molar-refractivity contribution < 1.29 is 9.32 Å². The fraction of sp³-hybridized carbons (Fsp3) is 0.529. The Labute approximate surface area is 141 Å². The standard InChI is InChI=1S/C17H23N5O2/c1-16(2)9-11(10-17(3,4)22-16)19-14(23)15-20-13(21-24-15)12-7-5-6-8-18-12/h5-8,11,22H,9-10H2,1-4H3,(H,19,23). The molecule has 0 saturated carbocycles. The number of hydrogen-bond donors (Lipinski definition) is 2. The van der Waals surface area contributed by atoms with Crippen molar-refractivity contribution in [2.75, 3.05) is 0 Å². The molecule has 128 valence electrons. The lowest BCUT2D eigenvalue weighted by Gasteiger charge is -2.46. The van der Waals surface area contributed by atoms with Crippen molar-refractivity contribution in [2.24, 2.45) is 0 Å². The number of rotatable bonds is 3. The summed E-state index contributed by atoms with van der Waals surface area (Å²) in [6.45, 7) is 8.55. The van der Waals surface area contributed by atoms with Crippen LogP contribution in [0.5, 0.6) is 0 Å². The van der Waals surface area contributed by atoms with E-state index in [2.05, 4.69) is 53.5 Å².